The third-order valence-electron chi connectivity index (χ3n) is 2.56. The Morgan fingerprint density at radius 2 is 1.72 bits per heavy atom. The van der Waals surface area contributed by atoms with Crippen molar-refractivity contribution in [1.29, 1.82) is 0 Å². The molecule has 0 heterocycles. The van der Waals surface area contributed by atoms with Crippen LogP contribution in [0, 0.1) is 0 Å². The molecule has 1 unspecified atom stereocenters. The van der Waals surface area contributed by atoms with Crippen molar-refractivity contribution in [1.82, 2.24) is 0 Å². The zero-order valence-corrected chi connectivity index (χ0v) is 9.85. The lowest BCUT2D eigenvalue weighted by Gasteiger charge is -2.07. The van der Waals surface area contributed by atoms with Gasteiger partial charge in [0.05, 0.1) is 0 Å². The van der Waals surface area contributed by atoms with Gasteiger partial charge >= 0.3 is 5.97 Å². The molecule has 0 aliphatic rings. The lowest BCUT2D eigenvalue weighted by atomic mass is 10.0. The van der Waals surface area contributed by atoms with E-state index >= 15 is 0 Å². The molecule has 1 rings (SSSR count). The van der Waals surface area contributed by atoms with E-state index in [-0.39, 0.29) is 13.2 Å². The van der Waals surface area contributed by atoms with Gasteiger partial charge in [0.2, 0.25) is 0 Å². The van der Waals surface area contributed by atoms with E-state index in [0.717, 1.165) is 17.5 Å². The third kappa shape index (κ3) is 5.59. The van der Waals surface area contributed by atoms with Gasteiger partial charge in [-0.3, -0.25) is 4.79 Å². The Hall–Kier alpha value is -1.68. The topological polar surface area (TPSA) is 80.4 Å². The summed E-state index contributed by atoms with van der Waals surface area (Å²) in [5.41, 5.74) is 7.41. The molecule has 0 aliphatic carbocycles. The minimum absolute atomic E-state index is 0. The van der Waals surface area contributed by atoms with Crippen molar-refractivity contribution < 1.29 is 14.7 Å². The van der Waals surface area contributed by atoms with Gasteiger partial charge in [-0.25, -0.2) is 0 Å². The molecular weight excluding hydrogens is 230 g/mol. The molecule has 18 heavy (non-hydrogen) atoms. The predicted octanol–water partition coefficient (Wildman–Crippen LogP) is 1.80. The smallest absolute Gasteiger partial charge is 0.320 e. The quantitative estimate of drug-likeness (QED) is 0.807. The van der Waals surface area contributed by atoms with Gasteiger partial charge in [0.15, 0.2) is 0 Å². The first-order chi connectivity index (χ1) is 7.99. The highest BCUT2D eigenvalue weighted by molar-refractivity contribution is 5.75. The number of aliphatic carboxylic acids is 1. The number of hydrogen-bond acceptors (Lipinski definition) is 3. The minimum atomic E-state index is -0.995. The van der Waals surface area contributed by atoms with Crippen molar-refractivity contribution in [3.63, 3.8) is 0 Å². The molecule has 0 saturated carbocycles. The van der Waals surface area contributed by atoms with E-state index in [1.807, 2.05) is 24.3 Å². The monoisotopic (exact) mass is 251 g/mol. The molecule has 0 bridgehead atoms. The minimum Gasteiger partial charge on any atom is -0.480 e. The normalized spacial score (nSPS) is 11.4. The van der Waals surface area contributed by atoms with Gasteiger partial charge in [0.1, 0.15) is 11.8 Å². The van der Waals surface area contributed by atoms with Gasteiger partial charge in [-0.15, -0.1) is 0 Å². The van der Waals surface area contributed by atoms with Gasteiger partial charge in [0, 0.05) is 6.42 Å². The Kier molecular flexibility index (Phi) is 6.90. The molecule has 0 aliphatic heterocycles. The number of carboxylic acid groups (broad SMARTS) is 1. The predicted molar refractivity (Wildman–Crippen MR) is 71.5 cm³/mol. The first-order valence-electron chi connectivity index (χ1n) is 5.54. The van der Waals surface area contributed by atoms with Crippen molar-refractivity contribution in [2.75, 3.05) is 0 Å². The van der Waals surface area contributed by atoms with Crippen molar-refractivity contribution in [2.45, 2.75) is 39.7 Å². The second kappa shape index (κ2) is 7.61. The number of Topliss-reactive ketones (excluding diaryl/α,β-unsaturated/α-hetero) is 1. The second-order valence-electron chi connectivity index (χ2n) is 4.17. The van der Waals surface area contributed by atoms with Crippen LogP contribution in [0.15, 0.2) is 24.3 Å². The fourth-order valence-electron chi connectivity index (χ4n) is 1.50. The van der Waals surface area contributed by atoms with E-state index in [0.29, 0.717) is 12.8 Å². The zero-order valence-electron chi connectivity index (χ0n) is 9.85. The van der Waals surface area contributed by atoms with Crippen LogP contribution >= 0.6 is 0 Å². The van der Waals surface area contributed by atoms with E-state index in [1.54, 1.807) is 6.92 Å². The molecule has 0 aromatic heterocycles. The van der Waals surface area contributed by atoms with Crippen LogP contribution in [0.25, 0.3) is 0 Å². The molecule has 0 saturated heterocycles. The van der Waals surface area contributed by atoms with Crippen molar-refractivity contribution >= 4 is 11.8 Å². The van der Waals surface area contributed by atoms with Crippen LogP contribution in [-0.4, -0.2) is 22.9 Å². The van der Waals surface area contributed by atoms with Crippen LogP contribution in [-0.2, 0) is 22.4 Å². The molecule has 100 valence electrons. The molecule has 3 N–H and O–H groups in total. The number of carbonyl (C=O) groups excluding carboxylic acids is 1. The van der Waals surface area contributed by atoms with Crippen molar-refractivity contribution in [3.8, 4) is 0 Å². The lowest BCUT2D eigenvalue weighted by Crippen LogP contribution is -2.32. The van der Waals surface area contributed by atoms with Crippen molar-refractivity contribution in [2.24, 2.45) is 5.73 Å². The first kappa shape index (κ1) is 16.3. The maximum atomic E-state index is 10.8. The van der Waals surface area contributed by atoms with Gasteiger partial charge in [-0.05, 0) is 30.9 Å². The standard InChI is InChI=1S/C13H17NO3.CH4/c1-9(15)2-3-10-4-6-11(7-5-10)8-12(14)13(16)17;/h4-7,12H,2-3,8,14H2,1H3,(H,16,17);1H4. The van der Waals surface area contributed by atoms with Crippen LogP contribution in [0.2, 0.25) is 0 Å². The fourth-order valence-corrected chi connectivity index (χ4v) is 1.50. The number of benzene rings is 1. The molecule has 4 nitrogen and oxygen atoms in total. The van der Waals surface area contributed by atoms with E-state index in [4.69, 9.17) is 10.8 Å². The van der Waals surface area contributed by atoms with E-state index in [2.05, 4.69) is 0 Å². The Labute approximate surface area is 108 Å². The van der Waals surface area contributed by atoms with Gasteiger partial charge in [0.25, 0.3) is 0 Å². The van der Waals surface area contributed by atoms with Crippen LogP contribution in [0.1, 0.15) is 31.9 Å². The van der Waals surface area contributed by atoms with Gasteiger partial charge in [-0.1, -0.05) is 31.7 Å². The number of nitrogens with two attached hydrogens (primary N) is 1. The fraction of sp³-hybridized carbons (Fsp3) is 0.429. The molecule has 1 aromatic rings. The third-order valence-corrected chi connectivity index (χ3v) is 2.56. The number of rotatable bonds is 6. The number of aryl methyl sites for hydroxylation is 1. The SMILES string of the molecule is C.CC(=O)CCc1ccc(CC(N)C(=O)O)cc1. The van der Waals surface area contributed by atoms with Crippen LogP contribution in [0.4, 0.5) is 0 Å². The molecule has 0 amide bonds. The summed E-state index contributed by atoms with van der Waals surface area (Å²) in [5, 5.41) is 8.68. The molecule has 1 aromatic carbocycles. The number of carboxylic acids is 1. The van der Waals surface area contributed by atoms with E-state index < -0.39 is 12.0 Å². The molecule has 0 spiro atoms. The average molecular weight is 251 g/mol. The van der Waals surface area contributed by atoms with E-state index in [9.17, 15) is 9.59 Å². The number of carbonyl (C=O) groups is 2. The average Bonchev–Trinajstić information content (AvgIpc) is 2.28. The molecule has 1 atom stereocenters. The van der Waals surface area contributed by atoms with Gasteiger partial charge < -0.3 is 15.6 Å². The summed E-state index contributed by atoms with van der Waals surface area (Å²) in [6, 6.07) is 6.68. The summed E-state index contributed by atoms with van der Waals surface area (Å²) >= 11 is 0. The Balaban J connectivity index is 0.00000289. The Morgan fingerprint density at radius 1 is 1.22 bits per heavy atom. The van der Waals surface area contributed by atoms with Crippen LogP contribution < -0.4 is 5.73 Å². The largest absolute Gasteiger partial charge is 0.480 e. The first-order valence-corrected chi connectivity index (χ1v) is 5.54. The van der Waals surface area contributed by atoms with Crippen molar-refractivity contribution in [3.05, 3.63) is 35.4 Å². The highest BCUT2D eigenvalue weighted by Gasteiger charge is 2.11. The van der Waals surface area contributed by atoms with Crippen LogP contribution in [0.3, 0.4) is 0 Å². The molecular formula is C14H21NO3. The number of ketones is 1. The summed E-state index contributed by atoms with van der Waals surface area (Å²) < 4.78 is 0. The highest BCUT2D eigenvalue weighted by atomic mass is 16.4. The Morgan fingerprint density at radius 3 is 2.17 bits per heavy atom. The zero-order chi connectivity index (χ0) is 12.8. The summed E-state index contributed by atoms with van der Waals surface area (Å²) in [6.45, 7) is 1.57. The maximum Gasteiger partial charge on any atom is 0.320 e. The summed E-state index contributed by atoms with van der Waals surface area (Å²) in [4.78, 5) is 21.4. The molecule has 0 fully saturated rings. The second-order valence-corrected chi connectivity index (χ2v) is 4.17. The summed E-state index contributed by atoms with van der Waals surface area (Å²) in [5.74, 6) is -0.826. The summed E-state index contributed by atoms with van der Waals surface area (Å²) in [7, 11) is 0. The summed E-state index contributed by atoms with van der Waals surface area (Å²) in [6.07, 6.45) is 1.58. The van der Waals surface area contributed by atoms with Gasteiger partial charge in [-0.2, -0.15) is 0 Å². The number of hydrogen-bond donors (Lipinski definition) is 2. The molecule has 0 radical (unpaired) electrons. The lowest BCUT2D eigenvalue weighted by molar-refractivity contribution is -0.138. The molecule has 4 heteroatoms. The maximum absolute atomic E-state index is 10.8. The Bertz CT molecular complexity index is 398. The highest BCUT2D eigenvalue weighted by Crippen LogP contribution is 2.08. The van der Waals surface area contributed by atoms with E-state index in [1.165, 1.54) is 0 Å². The van der Waals surface area contributed by atoms with Crippen LogP contribution in [0.5, 0.6) is 0 Å².